The number of rotatable bonds is 8. The Balaban J connectivity index is 1.49. The van der Waals surface area contributed by atoms with E-state index in [4.69, 9.17) is 4.42 Å². The van der Waals surface area contributed by atoms with Crippen molar-refractivity contribution in [2.24, 2.45) is 0 Å². The Bertz CT molecular complexity index is 948. The van der Waals surface area contributed by atoms with Crippen LogP contribution in [0.4, 0.5) is 20.9 Å². The molecule has 9 nitrogen and oxygen atoms in total. The molecule has 27 heavy (non-hydrogen) atoms. The number of carbonyl (C=O) groups is 1. The molecule has 3 rings (SSSR count). The lowest BCUT2D eigenvalue weighted by molar-refractivity contribution is -0.387. The van der Waals surface area contributed by atoms with Gasteiger partial charge in [-0.1, -0.05) is 23.1 Å². The van der Waals surface area contributed by atoms with E-state index in [1.807, 2.05) is 6.07 Å². The Morgan fingerprint density at radius 1 is 1.37 bits per heavy atom. The minimum Gasteiger partial charge on any atom is -0.467 e. The fraction of sp³-hybridized carbons (Fsp3) is 0.133. The zero-order chi connectivity index (χ0) is 19.2. The fourth-order valence-electron chi connectivity index (χ4n) is 1.97. The molecule has 2 aromatic heterocycles. The maximum Gasteiger partial charge on any atom is 0.306 e. The summed E-state index contributed by atoms with van der Waals surface area (Å²) in [6, 6.07) is 6.77. The number of amides is 1. The minimum absolute atomic E-state index is 0.0258. The van der Waals surface area contributed by atoms with Crippen molar-refractivity contribution in [3.05, 3.63) is 58.3 Å². The summed E-state index contributed by atoms with van der Waals surface area (Å²) in [5.74, 6) is -0.581. The number of furan rings is 1. The number of anilines is 2. The molecule has 12 heteroatoms. The molecule has 0 radical (unpaired) electrons. The molecule has 1 amide bonds. The lowest BCUT2D eigenvalue weighted by Gasteiger charge is -2.04. The van der Waals surface area contributed by atoms with Gasteiger partial charge in [0.25, 0.3) is 0 Å². The third-order valence-corrected chi connectivity index (χ3v) is 5.17. The van der Waals surface area contributed by atoms with Crippen molar-refractivity contribution in [2.45, 2.75) is 10.9 Å². The summed E-state index contributed by atoms with van der Waals surface area (Å²) in [6.45, 7) is 0.468. The smallest absolute Gasteiger partial charge is 0.306 e. The molecule has 0 spiro atoms. The molecule has 0 aliphatic carbocycles. The molecule has 0 bridgehead atoms. The van der Waals surface area contributed by atoms with E-state index in [1.165, 1.54) is 29.2 Å². The van der Waals surface area contributed by atoms with Gasteiger partial charge < -0.3 is 15.1 Å². The maximum atomic E-state index is 13.3. The predicted molar refractivity (Wildman–Crippen MR) is 98.4 cm³/mol. The SMILES string of the molecule is O=C(CSc1nnc(NCc2ccco2)s1)Nc1ccc(F)c([N+](=O)[O-])c1. The van der Waals surface area contributed by atoms with E-state index >= 15 is 0 Å². The van der Waals surface area contributed by atoms with E-state index in [1.54, 1.807) is 12.3 Å². The van der Waals surface area contributed by atoms with Crippen molar-refractivity contribution in [1.82, 2.24) is 10.2 Å². The van der Waals surface area contributed by atoms with Crippen LogP contribution in [0.15, 0.2) is 45.4 Å². The molecular formula is C15H12FN5O4S2. The molecule has 2 heterocycles. The standard InChI is InChI=1S/C15H12FN5O4S2/c16-11-4-3-9(6-12(11)21(23)24)18-13(22)8-26-15-20-19-14(27-15)17-7-10-2-1-5-25-10/h1-6H,7-8H2,(H,17,19)(H,18,22). The molecule has 0 saturated carbocycles. The Hall–Kier alpha value is -2.99. The molecule has 0 aliphatic heterocycles. The highest BCUT2D eigenvalue weighted by atomic mass is 32.2. The van der Waals surface area contributed by atoms with E-state index in [2.05, 4.69) is 20.8 Å². The summed E-state index contributed by atoms with van der Waals surface area (Å²) in [5, 5.41) is 24.8. The molecular weight excluding hydrogens is 397 g/mol. The number of halogens is 1. The van der Waals surface area contributed by atoms with Crippen LogP contribution in [0.5, 0.6) is 0 Å². The van der Waals surface area contributed by atoms with Crippen LogP contribution in [0.2, 0.25) is 0 Å². The number of hydrogen-bond acceptors (Lipinski definition) is 9. The second-order valence-corrected chi connectivity index (χ2v) is 7.27. The van der Waals surface area contributed by atoms with E-state index in [0.29, 0.717) is 16.0 Å². The first kappa shape index (κ1) is 18.8. The van der Waals surface area contributed by atoms with Gasteiger partial charge in [0.15, 0.2) is 4.34 Å². The number of nitrogens with zero attached hydrogens (tertiary/aromatic N) is 3. The van der Waals surface area contributed by atoms with Crippen LogP contribution in [-0.2, 0) is 11.3 Å². The van der Waals surface area contributed by atoms with Gasteiger partial charge in [-0.25, -0.2) is 0 Å². The quantitative estimate of drug-likeness (QED) is 0.329. The number of thioether (sulfide) groups is 1. The third kappa shape index (κ3) is 5.24. The zero-order valence-corrected chi connectivity index (χ0v) is 15.2. The number of benzene rings is 1. The van der Waals surface area contributed by atoms with Gasteiger partial charge in [-0.2, -0.15) is 4.39 Å². The summed E-state index contributed by atoms with van der Waals surface area (Å²) >= 11 is 2.45. The Morgan fingerprint density at radius 2 is 2.22 bits per heavy atom. The first-order valence-electron chi connectivity index (χ1n) is 7.47. The Labute approximate surface area is 160 Å². The van der Waals surface area contributed by atoms with Crippen molar-refractivity contribution in [3.63, 3.8) is 0 Å². The summed E-state index contributed by atoms with van der Waals surface area (Å²) in [5.41, 5.74) is -0.552. The summed E-state index contributed by atoms with van der Waals surface area (Å²) < 4.78 is 19.1. The molecule has 2 N–H and O–H groups in total. The average molecular weight is 409 g/mol. The van der Waals surface area contributed by atoms with Crippen LogP contribution in [0, 0.1) is 15.9 Å². The van der Waals surface area contributed by atoms with Gasteiger partial charge in [0.2, 0.25) is 16.9 Å². The van der Waals surface area contributed by atoms with Crippen LogP contribution < -0.4 is 10.6 Å². The summed E-state index contributed by atoms with van der Waals surface area (Å²) in [7, 11) is 0. The number of carbonyl (C=O) groups excluding carboxylic acids is 1. The monoisotopic (exact) mass is 409 g/mol. The van der Waals surface area contributed by atoms with Crippen molar-refractivity contribution in [1.29, 1.82) is 0 Å². The van der Waals surface area contributed by atoms with Gasteiger partial charge in [-0.15, -0.1) is 10.2 Å². The lowest BCUT2D eigenvalue weighted by atomic mass is 10.2. The first-order valence-corrected chi connectivity index (χ1v) is 9.28. The van der Waals surface area contributed by atoms with E-state index < -0.39 is 22.3 Å². The zero-order valence-electron chi connectivity index (χ0n) is 13.5. The molecule has 0 unspecified atom stereocenters. The molecule has 140 valence electrons. The molecule has 0 fully saturated rings. The minimum atomic E-state index is -0.962. The number of hydrogen-bond donors (Lipinski definition) is 2. The summed E-state index contributed by atoms with van der Waals surface area (Å²) in [6.07, 6.45) is 1.58. The Kier molecular flexibility index (Phi) is 5.98. The second-order valence-electron chi connectivity index (χ2n) is 5.07. The van der Waals surface area contributed by atoms with Crippen molar-refractivity contribution < 1.29 is 18.5 Å². The average Bonchev–Trinajstić information content (AvgIpc) is 3.31. The first-order chi connectivity index (χ1) is 13.0. The number of nitrogens with one attached hydrogen (secondary N) is 2. The van der Waals surface area contributed by atoms with Crippen LogP contribution in [0.25, 0.3) is 0 Å². The highest BCUT2D eigenvalue weighted by molar-refractivity contribution is 8.01. The third-order valence-electron chi connectivity index (χ3n) is 3.15. The van der Waals surface area contributed by atoms with Crippen LogP contribution in [-0.4, -0.2) is 26.8 Å². The number of nitro benzene ring substituents is 1. The van der Waals surface area contributed by atoms with E-state index in [0.717, 1.165) is 17.9 Å². The molecule has 1 aromatic carbocycles. The highest BCUT2D eigenvalue weighted by Crippen LogP contribution is 2.26. The van der Waals surface area contributed by atoms with Crippen LogP contribution in [0.3, 0.4) is 0 Å². The fourth-order valence-corrected chi connectivity index (χ4v) is 3.52. The topological polar surface area (TPSA) is 123 Å². The van der Waals surface area contributed by atoms with Crippen LogP contribution >= 0.6 is 23.1 Å². The number of aromatic nitrogens is 2. The molecule has 0 aliphatic rings. The number of nitro groups is 1. The maximum absolute atomic E-state index is 13.3. The highest BCUT2D eigenvalue weighted by Gasteiger charge is 2.15. The van der Waals surface area contributed by atoms with Gasteiger partial charge in [0.05, 0.1) is 23.5 Å². The van der Waals surface area contributed by atoms with Crippen molar-refractivity contribution in [3.8, 4) is 0 Å². The van der Waals surface area contributed by atoms with Gasteiger partial charge in [-0.05, 0) is 24.3 Å². The summed E-state index contributed by atoms with van der Waals surface area (Å²) in [4.78, 5) is 21.8. The largest absolute Gasteiger partial charge is 0.467 e. The lowest BCUT2D eigenvalue weighted by Crippen LogP contribution is -2.14. The predicted octanol–water partition coefficient (Wildman–Crippen LogP) is 3.52. The van der Waals surface area contributed by atoms with Gasteiger partial charge in [-0.3, -0.25) is 14.9 Å². The van der Waals surface area contributed by atoms with E-state index in [-0.39, 0.29) is 11.4 Å². The van der Waals surface area contributed by atoms with E-state index in [9.17, 15) is 19.3 Å². The van der Waals surface area contributed by atoms with Gasteiger partial charge in [0.1, 0.15) is 5.76 Å². The molecule has 0 atom stereocenters. The normalized spacial score (nSPS) is 10.6. The van der Waals surface area contributed by atoms with Crippen molar-refractivity contribution in [2.75, 3.05) is 16.4 Å². The van der Waals surface area contributed by atoms with Gasteiger partial charge >= 0.3 is 5.69 Å². The van der Waals surface area contributed by atoms with Gasteiger partial charge in [0, 0.05) is 11.8 Å². The molecule has 0 saturated heterocycles. The van der Waals surface area contributed by atoms with Crippen molar-refractivity contribution >= 4 is 45.5 Å². The van der Waals surface area contributed by atoms with Crippen LogP contribution in [0.1, 0.15) is 5.76 Å². The Morgan fingerprint density at radius 3 is 2.96 bits per heavy atom. The second kappa shape index (κ2) is 8.60. The molecule has 3 aromatic rings.